The first-order valence-electron chi connectivity index (χ1n) is 40.0. The molecular weight excluding hydrogens is 1260 g/mol. The van der Waals surface area contributed by atoms with Gasteiger partial charge in [-0.2, -0.15) is 0 Å². The van der Waals surface area contributed by atoms with Gasteiger partial charge in [-0.25, -0.2) is 9.13 Å². The molecule has 0 heterocycles. The van der Waals surface area contributed by atoms with Gasteiger partial charge < -0.3 is 33.8 Å². The van der Waals surface area contributed by atoms with Crippen molar-refractivity contribution < 1.29 is 80.2 Å². The van der Waals surface area contributed by atoms with Crippen LogP contribution < -0.4 is 0 Å². The molecule has 6 atom stereocenters. The molecule has 3 unspecified atom stereocenters. The van der Waals surface area contributed by atoms with Crippen molar-refractivity contribution in [2.45, 2.75) is 419 Å². The van der Waals surface area contributed by atoms with Crippen molar-refractivity contribution in [2.75, 3.05) is 39.6 Å². The number of carbonyl (C=O) groups is 4. The van der Waals surface area contributed by atoms with E-state index in [0.29, 0.717) is 25.7 Å². The number of carbonyl (C=O) groups excluding carboxylic acids is 4. The lowest BCUT2D eigenvalue weighted by atomic mass is 10.00. The Kier molecular flexibility index (Phi) is 67.4. The predicted octanol–water partition coefficient (Wildman–Crippen LogP) is 22.7. The van der Waals surface area contributed by atoms with Gasteiger partial charge in [-0.15, -0.1) is 0 Å². The molecule has 0 aliphatic heterocycles. The van der Waals surface area contributed by atoms with Crippen molar-refractivity contribution in [3.8, 4) is 0 Å². The number of aliphatic hydroxyl groups excluding tert-OH is 1. The van der Waals surface area contributed by atoms with Gasteiger partial charge in [-0.3, -0.25) is 37.3 Å². The van der Waals surface area contributed by atoms with Crippen molar-refractivity contribution in [1.82, 2.24) is 0 Å². The normalized spacial score (nSPS) is 14.3. The Bertz CT molecular complexity index is 1860. The van der Waals surface area contributed by atoms with Crippen LogP contribution in [0.25, 0.3) is 0 Å². The third-order valence-electron chi connectivity index (χ3n) is 18.3. The zero-order chi connectivity index (χ0) is 70.7. The highest BCUT2D eigenvalue weighted by Crippen LogP contribution is 2.45. The van der Waals surface area contributed by atoms with Gasteiger partial charge in [0.15, 0.2) is 12.2 Å². The summed E-state index contributed by atoms with van der Waals surface area (Å²) in [4.78, 5) is 72.8. The van der Waals surface area contributed by atoms with Crippen LogP contribution in [0.1, 0.15) is 401 Å². The summed E-state index contributed by atoms with van der Waals surface area (Å²) in [5.74, 6) is -0.562. The summed E-state index contributed by atoms with van der Waals surface area (Å²) >= 11 is 0. The first-order valence-corrected chi connectivity index (χ1v) is 43.0. The third-order valence-corrected chi connectivity index (χ3v) is 20.2. The number of rotatable bonds is 76. The summed E-state index contributed by atoms with van der Waals surface area (Å²) in [5, 5.41) is 10.6. The molecule has 0 spiro atoms. The number of unbranched alkanes of at least 4 members (excludes halogenated alkanes) is 45. The van der Waals surface area contributed by atoms with Gasteiger partial charge in [0.2, 0.25) is 0 Å². The van der Waals surface area contributed by atoms with Gasteiger partial charge in [0.1, 0.15) is 19.3 Å². The highest BCUT2D eigenvalue weighted by Gasteiger charge is 2.30. The van der Waals surface area contributed by atoms with Crippen molar-refractivity contribution in [3.63, 3.8) is 0 Å². The van der Waals surface area contributed by atoms with E-state index in [1.807, 2.05) is 0 Å². The second-order valence-corrected chi connectivity index (χ2v) is 31.4. The van der Waals surface area contributed by atoms with Crippen LogP contribution in [0.15, 0.2) is 0 Å². The van der Waals surface area contributed by atoms with Gasteiger partial charge in [0, 0.05) is 25.7 Å². The molecule has 0 rings (SSSR count). The predicted molar refractivity (Wildman–Crippen MR) is 391 cm³/mol. The van der Waals surface area contributed by atoms with Crippen molar-refractivity contribution in [2.24, 2.45) is 11.8 Å². The number of hydrogen-bond donors (Lipinski definition) is 3. The molecule has 19 heteroatoms. The highest BCUT2D eigenvalue weighted by atomic mass is 31.2. The van der Waals surface area contributed by atoms with E-state index >= 15 is 0 Å². The molecule has 0 saturated carbocycles. The standard InChI is InChI=1S/C77H150O17P2/c1-7-10-12-14-16-18-20-28-33-36-40-47-53-59-74(79)87-65-72(93-77(82)62-56-50-42-38-34-30-27-25-23-22-24-26-29-31-35-39-45-51-57-69(4)5)67-91-95(83,84)89-63-71(78)64-90-96(85,86)92-68-73(66-88-75(80)60-54-48-44-43-46-52-58-70(6)9-3)94-76(81)61-55-49-41-37-32-21-19-17-15-13-11-8-2/h69-73,78H,7-68H2,1-6H3,(H,83,84)(H,85,86)/t70?,71-,72-,73-/m1/s1. The van der Waals surface area contributed by atoms with Gasteiger partial charge in [-0.05, 0) is 37.5 Å². The maximum Gasteiger partial charge on any atom is 0.472 e. The van der Waals surface area contributed by atoms with E-state index in [-0.39, 0.29) is 25.7 Å². The van der Waals surface area contributed by atoms with E-state index in [4.69, 9.17) is 37.0 Å². The maximum absolute atomic E-state index is 13.1. The van der Waals surface area contributed by atoms with Crippen molar-refractivity contribution >= 4 is 39.5 Å². The van der Waals surface area contributed by atoms with Crippen LogP contribution in [0.3, 0.4) is 0 Å². The molecule has 0 fully saturated rings. The lowest BCUT2D eigenvalue weighted by Gasteiger charge is -2.21. The highest BCUT2D eigenvalue weighted by molar-refractivity contribution is 7.47. The fourth-order valence-corrected chi connectivity index (χ4v) is 13.4. The quantitative estimate of drug-likeness (QED) is 0.0222. The third kappa shape index (κ3) is 69.2. The number of phosphoric acid groups is 2. The van der Waals surface area contributed by atoms with E-state index in [1.54, 1.807) is 0 Å². The summed E-state index contributed by atoms with van der Waals surface area (Å²) in [6, 6.07) is 0. The monoisotopic (exact) mass is 1410 g/mol. The molecule has 0 aromatic rings. The molecule has 0 aliphatic rings. The Morgan fingerprint density at radius 1 is 0.302 bits per heavy atom. The summed E-state index contributed by atoms with van der Waals surface area (Å²) in [6.07, 6.45) is 56.9. The number of esters is 4. The SMILES string of the molecule is CCCCCCCCCCCCCCCC(=O)OC[C@H](COP(=O)(O)OC[C@@H](O)COP(=O)(O)OC[C@@H](COC(=O)CCCCCCCCC(C)CC)OC(=O)CCCCCCCCCCCCCC)OC(=O)CCCCCCCCCCCCCCCCCCCCC(C)C. The molecule has 0 saturated heterocycles. The molecule has 0 amide bonds. The smallest absolute Gasteiger partial charge is 0.462 e. The van der Waals surface area contributed by atoms with Crippen LogP contribution in [-0.2, 0) is 65.4 Å². The summed E-state index contributed by atoms with van der Waals surface area (Å²) in [5.41, 5.74) is 0. The molecule has 0 radical (unpaired) electrons. The number of ether oxygens (including phenoxy) is 4. The van der Waals surface area contributed by atoms with Crippen LogP contribution in [0.4, 0.5) is 0 Å². The lowest BCUT2D eigenvalue weighted by molar-refractivity contribution is -0.161. The summed E-state index contributed by atoms with van der Waals surface area (Å²) < 4.78 is 68.5. The minimum atomic E-state index is -4.96. The maximum atomic E-state index is 13.1. The number of aliphatic hydroxyl groups is 1. The van der Waals surface area contributed by atoms with E-state index < -0.39 is 97.5 Å². The molecule has 96 heavy (non-hydrogen) atoms. The van der Waals surface area contributed by atoms with Gasteiger partial charge >= 0.3 is 39.5 Å². The van der Waals surface area contributed by atoms with E-state index in [1.165, 1.54) is 212 Å². The second kappa shape index (κ2) is 68.8. The van der Waals surface area contributed by atoms with E-state index in [9.17, 15) is 43.2 Å². The van der Waals surface area contributed by atoms with E-state index in [2.05, 4.69) is 41.5 Å². The Labute approximate surface area is 588 Å². The van der Waals surface area contributed by atoms with Gasteiger partial charge in [0.25, 0.3) is 0 Å². The Balaban J connectivity index is 5.20. The lowest BCUT2D eigenvalue weighted by Crippen LogP contribution is -2.30. The molecule has 17 nitrogen and oxygen atoms in total. The second-order valence-electron chi connectivity index (χ2n) is 28.5. The Hall–Kier alpha value is -1.94. The van der Waals surface area contributed by atoms with Gasteiger partial charge in [-0.1, -0.05) is 350 Å². The molecule has 0 aromatic carbocycles. The van der Waals surface area contributed by atoms with Crippen molar-refractivity contribution in [3.05, 3.63) is 0 Å². The molecule has 570 valence electrons. The zero-order valence-corrected chi connectivity index (χ0v) is 64.5. The van der Waals surface area contributed by atoms with Crippen LogP contribution >= 0.6 is 15.6 Å². The van der Waals surface area contributed by atoms with Crippen LogP contribution in [0, 0.1) is 11.8 Å². The van der Waals surface area contributed by atoms with Gasteiger partial charge in [0.05, 0.1) is 26.4 Å². The average Bonchev–Trinajstić information content (AvgIpc) is 1.55. The Morgan fingerprint density at radius 3 is 0.792 bits per heavy atom. The Morgan fingerprint density at radius 2 is 0.531 bits per heavy atom. The van der Waals surface area contributed by atoms with Crippen LogP contribution in [-0.4, -0.2) is 96.7 Å². The number of phosphoric ester groups is 2. The first-order chi connectivity index (χ1) is 46.4. The largest absolute Gasteiger partial charge is 0.472 e. The van der Waals surface area contributed by atoms with Crippen LogP contribution in [0.5, 0.6) is 0 Å². The fraction of sp³-hybridized carbons (Fsp3) is 0.948. The minimum Gasteiger partial charge on any atom is -0.462 e. The summed E-state index contributed by atoms with van der Waals surface area (Å²) in [6.45, 7) is 9.60. The molecule has 0 aromatic heterocycles. The average molecular weight is 1410 g/mol. The molecule has 0 aliphatic carbocycles. The minimum absolute atomic E-state index is 0.107. The van der Waals surface area contributed by atoms with E-state index in [0.717, 1.165) is 108 Å². The zero-order valence-electron chi connectivity index (χ0n) is 62.7. The van der Waals surface area contributed by atoms with Crippen molar-refractivity contribution in [1.29, 1.82) is 0 Å². The number of hydrogen-bond acceptors (Lipinski definition) is 15. The molecule has 3 N–H and O–H groups in total. The van der Waals surface area contributed by atoms with Crippen LogP contribution in [0.2, 0.25) is 0 Å². The molecular formula is C77H150O17P2. The first kappa shape index (κ1) is 94.1. The molecule has 0 bridgehead atoms. The fourth-order valence-electron chi connectivity index (χ4n) is 11.8. The topological polar surface area (TPSA) is 237 Å². The summed E-state index contributed by atoms with van der Waals surface area (Å²) in [7, 11) is -9.91.